The quantitative estimate of drug-likeness (QED) is 0.760. The summed E-state index contributed by atoms with van der Waals surface area (Å²) in [5.41, 5.74) is 1.74. The van der Waals surface area contributed by atoms with Crippen molar-refractivity contribution in [2.75, 3.05) is 39.9 Å². The summed E-state index contributed by atoms with van der Waals surface area (Å²) in [7, 11) is 1.60. The summed E-state index contributed by atoms with van der Waals surface area (Å²) in [5.74, 6) is 0.703. The van der Waals surface area contributed by atoms with Crippen LogP contribution in [0.3, 0.4) is 0 Å². The highest BCUT2D eigenvalue weighted by atomic mass is 16.6. The molecule has 2 heterocycles. The van der Waals surface area contributed by atoms with Crippen LogP contribution in [0.1, 0.15) is 36.7 Å². The number of hydrogen-bond donors (Lipinski definition) is 1. The number of pyridine rings is 1. The molecule has 31 heavy (non-hydrogen) atoms. The van der Waals surface area contributed by atoms with Crippen LogP contribution in [0, 0.1) is 6.92 Å². The Hall–Kier alpha value is -3.00. The normalized spacial score (nSPS) is 15.5. The topological polar surface area (TPSA) is 84.2 Å². The van der Waals surface area contributed by atoms with E-state index in [1.165, 1.54) is 0 Å². The van der Waals surface area contributed by atoms with Crippen molar-refractivity contribution in [3.8, 4) is 11.5 Å². The van der Waals surface area contributed by atoms with Gasteiger partial charge in [-0.15, -0.1) is 0 Å². The second-order valence-corrected chi connectivity index (χ2v) is 7.53. The third-order valence-corrected chi connectivity index (χ3v) is 5.75. The zero-order valence-corrected chi connectivity index (χ0v) is 18.6. The molecule has 8 heteroatoms. The number of rotatable bonds is 6. The van der Waals surface area contributed by atoms with Crippen LogP contribution < -0.4 is 10.3 Å². The number of methoxy groups -OCH3 is 1. The number of benzene rings is 1. The van der Waals surface area contributed by atoms with Crippen molar-refractivity contribution in [1.82, 2.24) is 14.4 Å². The van der Waals surface area contributed by atoms with Crippen LogP contribution in [0.2, 0.25) is 0 Å². The Labute approximate surface area is 182 Å². The first kappa shape index (κ1) is 22.7. The SMILES string of the molecule is CCOC(=O)N1CCN([C@H](c2ccc(OC)cc2)c2c(O)cc(C)n(CC)c2=O)CC1. The maximum atomic E-state index is 13.3. The Morgan fingerprint density at radius 3 is 2.32 bits per heavy atom. The van der Waals surface area contributed by atoms with Crippen LogP contribution in [0.5, 0.6) is 11.5 Å². The van der Waals surface area contributed by atoms with Gasteiger partial charge >= 0.3 is 6.09 Å². The molecule has 1 aromatic heterocycles. The average Bonchev–Trinajstić information content (AvgIpc) is 2.77. The minimum Gasteiger partial charge on any atom is -0.507 e. The van der Waals surface area contributed by atoms with Gasteiger partial charge in [0.2, 0.25) is 0 Å². The molecule has 0 spiro atoms. The second-order valence-electron chi connectivity index (χ2n) is 7.53. The first-order chi connectivity index (χ1) is 14.9. The molecule has 1 atom stereocenters. The van der Waals surface area contributed by atoms with Gasteiger partial charge in [0, 0.05) is 38.4 Å². The maximum absolute atomic E-state index is 13.3. The fourth-order valence-electron chi connectivity index (χ4n) is 4.14. The zero-order chi connectivity index (χ0) is 22.5. The van der Waals surface area contributed by atoms with Crippen molar-refractivity contribution >= 4 is 6.09 Å². The molecule has 0 bridgehead atoms. The lowest BCUT2D eigenvalue weighted by Crippen LogP contribution is -2.50. The number of aromatic hydroxyl groups is 1. The zero-order valence-electron chi connectivity index (χ0n) is 18.6. The molecule has 1 amide bonds. The van der Waals surface area contributed by atoms with E-state index in [0.29, 0.717) is 50.6 Å². The molecule has 1 aliphatic heterocycles. The third kappa shape index (κ3) is 4.69. The number of carbonyl (C=O) groups is 1. The van der Waals surface area contributed by atoms with Gasteiger partial charge in [-0.05, 0) is 44.5 Å². The van der Waals surface area contributed by atoms with Gasteiger partial charge in [0.05, 0.1) is 25.3 Å². The Balaban J connectivity index is 2.02. The van der Waals surface area contributed by atoms with Gasteiger partial charge in [0.15, 0.2) is 0 Å². The van der Waals surface area contributed by atoms with Crippen molar-refractivity contribution in [3.63, 3.8) is 0 Å². The van der Waals surface area contributed by atoms with E-state index in [1.54, 1.807) is 29.6 Å². The molecule has 0 unspecified atom stereocenters. The van der Waals surface area contributed by atoms with E-state index in [0.717, 1.165) is 11.3 Å². The molecular weight excluding hydrogens is 398 g/mol. The van der Waals surface area contributed by atoms with Crippen LogP contribution in [0.25, 0.3) is 0 Å². The van der Waals surface area contributed by atoms with E-state index in [4.69, 9.17) is 9.47 Å². The van der Waals surface area contributed by atoms with E-state index < -0.39 is 6.04 Å². The Bertz CT molecular complexity index is 962. The summed E-state index contributed by atoms with van der Waals surface area (Å²) in [5, 5.41) is 10.8. The molecule has 8 nitrogen and oxygen atoms in total. The van der Waals surface area contributed by atoms with Crippen molar-refractivity contribution in [2.24, 2.45) is 0 Å². The summed E-state index contributed by atoms with van der Waals surface area (Å²) in [6.07, 6.45) is -0.324. The van der Waals surface area contributed by atoms with Gasteiger partial charge in [0.25, 0.3) is 5.56 Å². The Kier molecular flexibility index (Phi) is 7.22. The molecule has 1 aliphatic rings. The molecule has 0 aliphatic carbocycles. The van der Waals surface area contributed by atoms with Crippen LogP contribution in [0.15, 0.2) is 35.1 Å². The molecule has 0 radical (unpaired) electrons. The smallest absolute Gasteiger partial charge is 0.409 e. The van der Waals surface area contributed by atoms with E-state index in [1.807, 2.05) is 38.1 Å². The number of ether oxygens (including phenoxy) is 2. The van der Waals surface area contributed by atoms with Gasteiger partial charge in [0.1, 0.15) is 11.5 Å². The molecular formula is C23H31N3O5. The lowest BCUT2D eigenvalue weighted by molar-refractivity contribution is 0.0709. The van der Waals surface area contributed by atoms with Gasteiger partial charge in [-0.25, -0.2) is 4.79 Å². The van der Waals surface area contributed by atoms with Crippen LogP contribution >= 0.6 is 0 Å². The van der Waals surface area contributed by atoms with Crippen molar-refractivity contribution in [3.05, 3.63) is 57.5 Å². The predicted molar refractivity (Wildman–Crippen MR) is 118 cm³/mol. The van der Waals surface area contributed by atoms with E-state index in [9.17, 15) is 14.7 Å². The Morgan fingerprint density at radius 2 is 1.77 bits per heavy atom. The molecule has 0 saturated carbocycles. The van der Waals surface area contributed by atoms with Gasteiger partial charge < -0.3 is 24.0 Å². The minimum absolute atomic E-state index is 0.0131. The highest BCUT2D eigenvalue weighted by molar-refractivity contribution is 5.67. The number of hydrogen-bond acceptors (Lipinski definition) is 6. The lowest BCUT2D eigenvalue weighted by atomic mass is 9.96. The van der Waals surface area contributed by atoms with Crippen LogP contribution in [-0.4, -0.2) is 65.5 Å². The monoisotopic (exact) mass is 429 g/mol. The first-order valence-corrected chi connectivity index (χ1v) is 10.6. The number of piperazine rings is 1. The molecule has 1 aromatic carbocycles. The van der Waals surface area contributed by atoms with Gasteiger partial charge in [-0.3, -0.25) is 9.69 Å². The number of nitrogens with zero attached hydrogens (tertiary/aromatic N) is 3. The molecule has 1 N–H and O–H groups in total. The molecule has 2 aromatic rings. The summed E-state index contributed by atoms with van der Waals surface area (Å²) >= 11 is 0. The summed E-state index contributed by atoms with van der Waals surface area (Å²) in [4.78, 5) is 29.2. The lowest BCUT2D eigenvalue weighted by Gasteiger charge is -2.39. The summed E-state index contributed by atoms with van der Waals surface area (Å²) in [6.45, 7) is 8.44. The summed E-state index contributed by atoms with van der Waals surface area (Å²) < 4.78 is 12.1. The molecule has 3 rings (SSSR count). The highest BCUT2D eigenvalue weighted by Gasteiger charge is 2.32. The van der Waals surface area contributed by atoms with Crippen molar-refractivity contribution in [1.29, 1.82) is 0 Å². The number of amides is 1. The van der Waals surface area contributed by atoms with E-state index in [-0.39, 0.29) is 17.4 Å². The van der Waals surface area contributed by atoms with Crippen LogP contribution in [-0.2, 0) is 11.3 Å². The molecule has 1 fully saturated rings. The van der Waals surface area contributed by atoms with Gasteiger partial charge in [-0.1, -0.05) is 12.1 Å². The Morgan fingerprint density at radius 1 is 1.13 bits per heavy atom. The average molecular weight is 430 g/mol. The second kappa shape index (κ2) is 9.87. The predicted octanol–water partition coefficient (Wildman–Crippen LogP) is 2.75. The largest absolute Gasteiger partial charge is 0.507 e. The fourth-order valence-corrected chi connectivity index (χ4v) is 4.14. The number of aromatic nitrogens is 1. The van der Waals surface area contributed by atoms with Crippen molar-refractivity contribution in [2.45, 2.75) is 33.4 Å². The maximum Gasteiger partial charge on any atom is 0.409 e. The van der Waals surface area contributed by atoms with E-state index in [2.05, 4.69) is 4.90 Å². The minimum atomic E-state index is -0.443. The van der Waals surface area contributed by atoms with Gasteiger partial charge in [-0.2, -0.15) is 0 Å². The first-order valence-electron chi connectivity index (χ1n) is 10.6. The van der Waals surface area contributed by atoms with E-state index >= 15 is 0 Å². The molecule has 168 valence electrons. The number of carbonyl (C=O) groups excluding carboxylic acids is 1. The third-order valence-electron chi connectivity index (χ3n) is 5.75. The standard InChI is InChI=1S/C23H31N3O5/c1-5-26-16(3)15-19(27)20(22(26)28)21(17-7-9-18(30-4)10-8-17)24-11-13-25(14-12-24)23(29)31-6-2/h7-10,15,21,27H,5-6,11-14H2,1-4H3/t21-/m1/s1. The van der Waals surface area contributed by atoms with Crippen LogP contribution in [0.4, 0.5) is 4.79 Å². The summed E-state index contributed by atoms with van der Waals surface area (Å²) in [6, 6.07) is 8.72. The highest BCUT2D eigenvalue weighted by Crippen LogP contribution is 2.34. The van der Waals surface area contributed by atoms with Crippen molar-refractivity contribution < 1.29 is 19.4 Å². The fraction of sp³-hybridized carbons (Fsp3) is 0.478. The molecule has 1 saturated heterocycles. The number of aryl methyl sites for hydroxylation is 1.